The van der Waals surface area contributed by atoms with Crippen LogP contribution in [0.1, 0.15) is 19.0 Å². The van der Waals surface area contributed by atoms with Crippen molar-refractivity contribution in [2.24, 2.45) is 0 Å². The first-order valence-electron chi connectivity index (χ1n) is 8.51. The van der Waals surface area contributed by atoms with E-state index in [1.54, 1.807) is 24.3 Å². The number of rotatable bonds is 5. The van der Waals surface area contributed by atoms with Crippen molar-refractivity contribution in [3.63, 3.8) is 0 Å². The van der Waals surface area contributed by atoms with Gasteiger partial charge in [-0.2, -0.15) is 5.10 Å². The quantitative estimate of drug-likeness (QED) is 0.613. The van der Waals surface area contributed by atoms with Crippen molar-refractivity contribution in [3.8, 4) is 0 Å². The van der Waals surface area contributed by atoms with Crippen molar-refractivity contribution < 1.29 is 18.0 Å². The second kappa shape index (κ2) is 7.47. The molecule has 0 bridgehead atoms. The summed E-state index contributed by atoms with van der Waals surface area (Å²) in [6.07, 6.45) is 0.273. The van der Waals surface area contributed by atoms with Crippen LogP contribution < -0.4 is 16.2 Å². The Morgan fingerprint density at radius 3 is 2.67 bits per heavy atom. The van der Waals surface area contributed by atoms with E-state index in [2.05, 4.69) is 20.8 Å². The molecule has 10 heteroatoms. The van der Waals surface area contributed by atoms with Crippen molar-refractivity contribution in [1.82, 2.24) is 20.8 Å². The van der Waals surface area contributed by atoms with Crippen LogP contribution in [0.2, 0.25) is 0 Å². The van der Waals surface area contributed by atoms with Gasteiger partial charge >= 0.3 is 0 Å². The SMILES string of the molecule is C[C@@H](NC(=O)Cc1n[nH]c(=O)c2ccccc12)C(=O)N[C@H]1CCS(=O)(=O)C1. The summed E-state index contributed by atoms with van der Waals surface area (Å²) in [4.78, 5) is 36.2. The van der Waals surface area contributed by atoms with E-state index in [1.807, 2.05) is 0 Å². The second-order valence-corrected chi connectivity index (χ2v) is 8.85. The Hall–Kier alpha value is -2.75. The average Bonchev–Trinajstić information content (AvgIpc) is 2.96. The van der Waals surface area contributed by atoms with Gasteiger partial charge in [0.2, 0.25) is 11.8 Å². The number of hydrogen-bond donors (Lipinski definition) is 3. The van der Waals surface area contributed by atoms with Gasteiger partial charge in [-0.15, -0.1) is 0 Å². The molecule has 3 N–H and O–H groups in total. The molecule has 0 aliphatic carbocycles. The lowest BCUT2D eigenvalue weighted by Crippen LogP contribution is -2.48. The van der Waals surface area contributed by atoms with E-state index in [4.69, 9.17) is 0 Å². The van der Waals surface area contributed by atoms with Gasteiger partial charge in [-0.05, 0) is 19.4 Å². The Morgan fingerprint density at radius 1 is 1.30 bits per heavy atom. The lowest BCUT2D eigenvalue weighted by atomic mass is 10.1. The Morgan fingerprint density at radius 2 is 2.00 bits per heavy atom. The van der Waals surface area contributed by atoms with Gasteiger partial charge in [0.1, 0.15) is 6.04 Å². The van der Waals surface area contributed by atoms with Crippen molar-refractivity contribution >= 4 is 32.4 Å². The molecule has 0 spiro atoms. The minimum atomic E-state index is -3.09. The summed E-state index contributed by atoms with van der Waals surface area (Å²) in [6.45, 7) is 1.52. The Balaban J connectivity index is 1.62. The first-order valence-corrected chi connectivity index (χ1v) is 10.3. The van der Waals surface area contributed by atoms with Gasteiger partial charge in [-0.1, -0.05) is 18.2 Å². The lowest BCUT2D eigenvalue weighted by molar-refractivity contribution is -0.128. The summed E-state index contributed by atoms with van der Waals surface area (Å²) in [5, 5.41) is 12.5. The molecular formula is C17H20N4O5S. The number of amides is 2. The fourth-order valence-electron chi connectivity index (χ4n) is 3.05. The molecule has 2 amide bonds. The van der Waals surface area contributed by atoms with E-state index in [0.717, 1.165) is 0 Å². The van der Waals surface area contributed by atoms with Gasteiger partial charge in [0, 0.05) is 11.4 Å². The third kappa shape index (κ3) is 4.51. The van der Waals surface area contributed by atoms with Crippen molar-refractivity contribution in [2.45, 2.75) is 31.8 Å². The standard InChI is InChI=1S/C17H20N4O5S/c1-10(16(23)19-11-6-7-27(25,26)9-11)18-15(22)8-14-12-4-2-3-5-13(12)17(24)21-20-14/h2-5,10-11H,6-9H2,1H3,(H,18,22)(H,19,23)(H,21,24)/t10-,11+/m1/s1. The number of aromatic nitrogens is 2. The van der Waals surface area contributed by atoms with Crippen LogP contribution in [-0.4, -0.2) is 54.0 Å². The maximum Gasteiger partial charge on any atom is 0.272 e. The predicted octanol–water partition coefficient (Wildman–Crippen LogP) is -0.726. The van der Waals surface area contributed by atoms with E-state index in [-0.39, 0.29) is 23.5 Å². The first kappa shape index (κ1) is 19.0. The maximum atomic E-state index is 12.3. The van der Waals surface area contributed by atoms with E-state index in [0.29, 0.717) is 22.9 Å². The van der Waals surface area contributed by atoms with Crippen LogP contribution in [0.4, 0.5) is 0 Å². The first-order chi connectivity index (χ1) is 12.7. The van der Waals surface area contributed by atoms with Crippen molar-refractivity contribution in [1.29, 1.82) is 0 Å². The lowest BCUT2D eigenvalue weighted by Gasteiger charge is -2.17. The van der Waals surface area contributed by atoms with Crippen LogP contribution in [0.25, 0.3) is 10.8 Å². The molecule has 1 aliphatic rings. The van der Waals surface area contributed by atoms with E-state index < -0.39 is 33.7 Å². The van der Waals surface area contributed by atoms with Crippen LogP contribution in [-0.2, 0) is 25.8 Å². The monoisotopic (exact) mass is 392 g/mol. The molecule has 1 aromatic carbocycles. The molecule has 1 saturated heterocycles. The van der Waals surface area contributed by atoms with Gasteiger partial charge in [0.15, 0.2) is 9.84 Å². The van der Waals surface area contributed by atoms with Crippen molar-refractivity contribution in [3.05, 3.63) is 40.3 Å². The highest BCUT2D eigenvalue weighted by molar-refractivity contribution is 7.91. The summed E-state index contributed by atoms with van der Waals surface area (Å²) in [7, 11) is -3.09. The molecule has 1 aliphatic heterocycles. The molecule has 1 fully saturated rings. The van der Waals surface area contributed by atoms with Gasteiger partial charge in [0.25, 0.3) is 5.56 Å². The Labute approximate surface area is 155 Å². The number of sulfone groups is 1. The molecular weight excluding hydrogens is 372 g/mol. The summed E-state index contributed by atoms with van der Waals surface area (Å²) in [6, 6.07) is 5.56. The van der Waals surface area contributed by atoms with E-state index in [9.17, 15) is 22.8 Å². The second-order valence-electron chi connectivity index (χ2n) is 6.62. The van der Waals surface area contributed by atoms with Gasteiger partial charge < -0.3 is 10.6 Å². The zero-order valence-corrected chi connectivity index (χ0v) is 15.5. The van der Waals surface area contributed by atoms with Crippen LogP contribution in [0.5, 0.6) is 0 Å². The molecule has 3 rings (SSSR count). The number of benzene rings is 1. The van der Waals surface area contributed by atoms with Gasteiger partial charge in [-0.25, -0.2) is 13.5 Å². The highest BCUT2D eigenvalue weighted by Crippen LogP contribution is 2.13. The fraction of sp³-hybridized carbons (Fsp3) is 0.412. The third-order valence-electron chi connectivity index (χ3n) is 4.45. The molecule has 27 heavy (non-hydrogen) atoms. The Bertz CT molecular complexity index is 1050. The topological polar surface area (TPSA) is 138 Å². The minimum Gasteiger partial charge on any atom is -0.351 e. The predicted molar refractivity (Wildman–Crippen MR) is 98.9 cm³/mol. The molecule has 0 saturated carbocycles. The molecule has 2 aromatic rings. The molecule has 9 nitrogen and oxygen atoms in total. The number of carbonyl (C=O) groups is 2. The zero-order chi connectivity index (χ0) is 19.6. The number of fused-ring (bicyclic) bond motifs is 1. The molecule has 1 aromatic heterocycles. The van der Waals surface area contributed by atoms with Gasteiger partial charge in [-0.3, -0.25) is 14.4 Å². The number of hydrogen-bond acceptors (Lipinski definition) is 6. The molecule has 2 atom stereocenters. The number of H-pyrrole nitrogens is 1. The van der Waals surface area contributed by atoms with Crippen LogP contribution in [0, 0.1) is 0 Å². The smallest absolute Gasteiger partial charge is 0.272 e. The molecule has 0 unspecified atom stereocenters. The number of nitrogens with one attached hydrogen (secondary N) is 3. The Kier molecular flexibility index (Phi) is 5.26. The molecule has 144 valence electrons. The summed E-state index contributed by atoms with van der Waals surface area (Å²) in [5.41, 5.74) is 0.0613. The fourth-order valence-corrected chi connectivity index (χ4v) is 4.72. The highest BCUT2D eigenvalue weighted by Gasteiger charge is 2.30. The van der Waals surface area contributed by atoms with Gasteiger partial charge in [0.05, 0.1) is 29.0 Å². The maximum absolute atomic E-state index is 12.3. The number of carbonyl (C=O) groups excluding carboxylic acids is 2. The highest BCUT2D eigenvalue weighted by atomic mass is 32.2. The normalized spacial score (nSPS) is 19.5. The van der Waals surface area contributed by atoms with Crippen LogP contribution in [0.15, 0.2) is 29.1 Å². The van der Waals surface area contributed by atoms with E-state index in [1.165, 1.54) is 6.92 Å². The summed E-state index contributed by atoms with van der Waals surface area (Å²) < 4.78 is 22.9. The largest absolute Gasteiger partial charge is 0.351 e. The minimum absolute atomic E-state index is 0.0592. The summed E-state index contributed by atoms with van der Waals surface area (Å²) >= 11 is 0. The molecule has 2 heterocycles. The third-order valence-corrected chi connectivity index (χ3v) is 6.22. The average molecular weight is 392 g/mol. The van der Waals surface area contributed by atoms with Crippen LogP contribution in [0.3, 0.4) is 0 Å². The number of aromatic amines is 1. The molecule has 0 radical (unpaired) electrons. The van der Waals surface area contributed by atoms with Crippen LogP contribution >= 0.6 is 0 Å². The van der Waals surface area contributed by atoms with Crippen molar-refractivity contribution in [2.75, 3.05) is 11.5 Å². The van der Waals surface area contributed by atoms with E-state index >= 15 is 0 Å². The summed E-state index contributed by atoms with van der Waals surface area (Å²) in [5.74, 6) is -0.887. The zero-order valence-electron chi connectivity index (χ0n) is 14.7. The number of nitrogens with zero attached hydrogens (tertiary/aromatic N) is 1.